The molecule has 0 spiro atoms. The number of hydrogen-bond donors (Lipinski definition) is 1. The minimum Gasteiger partial charge on any atom is -0.303 e. The van der Waals surface area contributed by atoms with Gasteiger partial charge in [-0.3, -0.25) is 9.48 Å². The maximum atomic E-state index is 12.7. The Bertz CT molecular complexity index is 1180. The van der Waals surface area contributed by atoms with Crippen molar-refractivity contribution in [2.45, 2.75) is 6.54 Å². The average Bonchev–Trinajstić information content (AvgIpc) is 3.18. The predicted octanol–water partition coefficient (Wildman–Crippen LogP) is 7.01. The van der Waals surface area contributed by atoms with Gasteiger partial charge in [0.05, 0.1) is 11.6 Å². The lowest BCUT2D eigenvalue weighted by molar-refractivity contribution is 0.103. The van der Waals surface area contributed by atoms with Gasteiger partial charge in [-0.2, -0.15) is 5.10 Å². The Hall–Kier alpha value is -1.76. The second kappa shape index (κ2) is 7.93. The molecule has 1 amide bonds. The van der Waals surface area contributed by atoms with Gasteiger partial charge in [0.15, 0.2) is 5.82 Å². The molecule has 0 radical (unpaired) electrons. The summed E-state index contributed by atoms with van der Waals surface area (Å²) in [4.78, 5) is 13.1. The van der Waals surface area contributed by atoms with Crippen molar-refractivity contribution in [2.75, 3.05) is 5.32 Å². The van der Waals surface area contributed by atoms with Crippen LogP contribution in [0.15, 0.2) is 48.7 Å². The molecule has 142 valence electrons. The summed E-state index contributed by atoms with van der Waals surface area (Å²) >= 11 is 26.3. The minimum atomic E-state index is -0.367. The van der Waals surface area contributed by atoms with Crippen LogP contribution in [-0.4, -0.2) is 15.7 Å². The molecule has 1 N–H and O–H groups in total. The molecule has 2 heterocycles. The summed E-state index contributed by atoms with van der Waals surface area (Å²) < 4.78 is 2.50. The number of carbonyl (C=O) groups is 1. The molecule has 0 aliphatic carbocycles. The summed E-state index contributed by atoms with van der Waals surface area (Å²) in [5.74, 6) is -0.127. The number of hydrogen-bond acceptors (Lipinski definition) is 3. The molecule has 28 heavy (non-hydrogen) atoms. The molecule has 9 heteroatoms. The fourth-order valence-corrected chi connectivity index (χ4v) is 4.86. The number of nitrogens with one attached hydrogen (secondary N) is 1. The number of halogens is 4. The van der Waals surface area contributed by atoms with E-state index >= 15 is 0 Å². The highest BCUT2D eigenvalue weighted by Crippen LogP contribution is 2.36. The third-order valence-corrected chi connectivity index (χ3v) is 6.73. The van der Waals surface area contributed by atoms with E-state index in [1.54, 1.807) is 29.1 Å². The first-order valence-electron chi connectivity index (χ1n) is 8.08. The van der Waals surface area contributed by atoms with Crippen LogP contribution in [-0.2, 0) is 6.54 Å². The van der Waals surface area contributed by atoms with Gasteiger partial charge in [0.2, 0.25) is 0 Å². The Morgan fingerprint density at radius 1 is 1.00 bits per heavy atom. The number of aromatic nitrogens is 2. The largest absolute Gasteiger partial charge is 0.303 e. The summed E-state index contributed by atoms with van der Waals surface area (Å²) in [6.07, 6.45) is 1.60. The Morgan fingerprint density at radius 3 is 2.43 bits per heavy atom. The Balaban J connectivity index is 1.58. The van der Waals surface area contributed by atoms with Crippen molar-refractivity contribution in [3.05, 3.63) is 79.2 Å². The molecule has 4 rings (SSSR count). The topological polar surface area (TPSA) is 46.9 Å². The van der Waals surface area contributed by atoms with Crippen LogP contribution in [0.5, 0.6) is 0 Å². The summed E-state index contributed by atoms with van der Waals surface area (Å²) in [6, 6.07) is 12.8. The molecule has 0 fully saturated rings. The number of benzene rings is 2. The minimum absolute atomic E-state index is 0.239. The van der Waals surface area contributed by atoms with E-state index in [0.717, 1.165) is 15.6 Å². The van der Waals surface area contributed by atoms with Crippen LogP contribution >= 0.6 is 57.7 Å². The zero-order valence-corrected chi connectivity index (χ0v) is 17.9. The molecular formula is C19H11Cl4N3OS. The normalized spacial score (nSPS) is 11.1. The van der Waals surface area contributed by atoms with Gasteiger partial charge in [0.25, 0.3) is 5.91 Å². The smallest absolute Gasteiger partial charge is 0.268 e. The standard InChI is InChI=1S/C19H11Cl4N3OS/c20-12-5-3-6-13(21)11(12)8-26-9-14(22)18(25-26)24-19(27)17-16(23)10-4-1-2-7-15(10)28-17/h1-7,9H,8H2,(H,24,25,27). The fourth-order valence-electron chi connectivity index (χ4n) is 2.73. The molecule has 0 atom stereocenters. The Morgan fingerprint density at radius 2 is 1.71 bits per heavy atom. The van der Waals surface area contributed by atoms with Crippen LogP contribution in [0.25, 0.3) is 10.1 Å². The molecule has 2 aromatic heterocycles. The van der Waals surface area contributed by atoms with Crippen LogP contribution in [0.1, 0.15) is 15.2 Å². The van der Waals surface area contributed by atoms with Gasteiger partial charge in [-0.1, -0.05) is 70.7 Å². The second-order valence-corrected chi connectivity index (χ2v) is 8.57. The summed E-state index contributed by atoms with van der Waals surface area (Å²) in [6.45, 7) is 0.317. The highest BCUT2D eigenvalue weighted by atomic mass is 35.5. The maximum absolute atomic E-state index is 12.7. The van der Waals surface area contributed by atoms with E-state index in [2.05, 4.69) is 10.4 Å². The summed E-state index contributed by atoms with van der Waals surface area (Å²) in [7, 11) is 0. The quantitative estimate of drug-likeness (QED) is 0.348. The number of nitrogens with zero attached hydrogens (tertiary/aromatic N) is 2. The lowest BCUT2D eigenvalue weighted by Gasteiger charge is -2.06. The lowest BCUT2D eigenvalue weighted by Crippen LogP contribution is -2.12. The molecule has 0 bridgehead atoms. The average molecular weight is 471 g/mol. The van der Waals surface area contributed by atoms with Gasteiger partial charge >= 0.3 is 0 Å². The molecule has 4 nitrogen and oxygen atoms in total. The van der Waals surface area contributed by atoms with E-state index in [1.807, 2.05) is 24.3 Å². The lowest BCUT2D eigenvalue weighted by atomic mass is 10.2. The van der Waals surface area contributed by atoms with E-state index in [4.69, 9.17) is 46.4 Å². The maximum Gasteiger partial charge on any atom is 0.268 e. The van der Waals surface area contributed by atoms with Crippen molar-refractivity contribution < 1.29 is 4.79 Å². The highest BCUT2D eigenvalue weighted by Gasteiger charge is 2.19. The first-order valence-corrected chi connectivity index (χ1v) is 10.4. The van der Waals surface area contributed by atoms with Crippen molar-refractivity contribution >= 4 is 79.6 Å². The van der Waals surface area contributed by atoms with E-state index in [-0.39, 0.29) is 11.7 Å². The van der Waals surface area contributed by atoms with Crippen LogP contribution in [0, 0.1) is 0 Å². The van der Waals surface area contributed by atoms with E-state index in [0.29, 0.717) is 31.5 Å². The predicted molar refractivity (Wildman–Crippen MR) is 118 cm³/mol. The third kappa shape index (κ3) is 3.73. The molecule has 0 aliphatic heterocycles. The fraction of sp³-hybridized carbons (Fsp3) is 0.0526. The molecule has 0 saturated heterocycles. The van der Waals surface area contributed by atoms with Crippen LogP contribution < -0.4 is 5.32 Å². The second-order valence-electron chi connectivity index (χ2n) is 5.92. The van der Waals surface area contributed by atoms with Gasteiger partial charge < -0.3 is 5.32 Å². The molecule has 4 aromatic rings. The molecule has 0 unspecified atom stereocenters. The van der Waals surface area contributed by atoms with Crippen molar-refractivity contribution in [1.82, 2.24) is 9.78 Å². The number of rotatable bonds is 4. The zero-order valence-electron chi connectivity index (χ0n) is 14.0. The van der Waals surface area contributed by atoms with Crippen LogP contribution in [0.4, 0.5) is 5.82 Å². The number of amides is 1. The molecular weight excluding hydrogens is 460 g/mol. The number of anilines is 1. The van der Waals surface area contributed by atoms with Crippen molar-refractivity contribution in [2.24, 2.45) is 0 Å². The number of thiophene rings is 1. The monoisotopic (exact) mass is 469 g/mol. The van der Waals surface area contributed by atoms with Crippen LogP contribution in [0.3, 0.4) is 0 Å². The first-order chi connectivity index (χ1) is 13.4. The van der Waals surface area contributed by atoms with E-state index < -0.39 is 0 Å². The third-order valence-electron chi connectivity index (χ3n) is 4.07. The van der Waals surface area contributed by atoms with Crippen molar-refractivity contribution in [1.29, 1.82) is 0 Å². The van der Waals surface area contributed by atoms with Crippen molar-refractivity contribution in [3.8, 4) is 0 Å². The van der Waals surface area contributed by atoms with Gasteiger partial charge in [0, 0.05) is 31.9 Å². The summed E-state index contributed by atoms with van der Waals surface area (Å²) in [5, 5.41) is 9.66. The van der Waals surface area contributed by atoms with Crippen molar-refractivity contribution in [3.63, 3.8) is 0 Å². The van der Waals surface area contributed by atoms with E-state index in [9.17, 15) is 4.79 Å². The van der Waals surface area contributed by atoms with Gasteiger partial charge in [-0.15, -0.1) is 11.3 Å². The number of carbonyl (C=O) groups excluding carboxylic acids is 1. The molecule has 0 saturated carbocycles. The molecule has 0 aliphatic rings. The zero-order chi connectivity index (χ0) is 19.8. The van der Waals surface area contributed by atoms with Gasteiger partial charge in [-0.25, -0.2) is 0 Å². The number of fused-ring (bicyclic) bond motifs is 1. The molecule has 2 aromatic carbocycles. The summed E-state index contributed by atoms with van der Waals surface area (Å²) in [5.41, 5.74) is 0.718. The van der Waals surface area contributed by atoms with Gasteiger partial charge in [0.1, 0.15) is 9.90 Å². The van der Waals surface area contributed by atoms with Gasteiger partial charge in [-0.05, 0) is 18.2 Å². The first kappa shape index (κ1) is 19.6. The van der Waals surface area contributed by atoms with E-state index in [1.165, 1.54) is 11.3 Å². The van der Waals surface area contributed by atoms with Crippen LogP contribution in [0.2, 0.25) is 20.1 Å². The Labute approximate surface area is 184 Å². The SMILES string of the molecule is O=C(Nc1nn(Cc2c(Cl)cccc2Cl)cc1Cl)c1sc2ccccc2c1Cl. The Kier molecular flexibility index (Phi) is 5.54. The highest BCUT2D eigenvalue weighted by molar-refractivity contribution is 7.21.